The summed E-state index contributed by atoms with van der Waals surface area (Å²) in [6, 6.07) is 15.8. The van der Waals surface area contributed by atoms with Crippen LogP contribution in [0.5, 0.6) is 0 Å². The van der Waals surface area contributed by atoms with E-state index < -0.39 is 0 Å². The molecule has 2 aromatic carbocycles. The van der Waals surface area contributed by atoms with E-state index in [2.05, 4.69) is 21.3 Å². The van der Waals surface area contributed by atoms with Crippen LogP contribution in [0, 0.1) is 0 Å². The molecule has 0 bridgehead atoms. The van der Waals surface area contributed by atoms with Crippen LogP contribution in [-0.2, 0) is 4.74 Å². The van der Waals surface area contributed by atoms with Gasteiger partial charge in [0.1, 0.15) is 0 Å². The van der Waals surface area contributed by atoms with Gasteiger partial charge in [-0.1, -0.05) is 51.8 Å². The highest BCUT2D eigenvalue weighted by molar-refractivity contribution is 9.10. The fraction of sp³-hybridized carbons (Fsp3) is 0.238. The molecule has 4 nitrogen and oxygen atoms in total. The first-order valence-corrected chi connectivity index (χ1v) is 11.1. The lowest BCUT2D eigenvalue weighted by molar-refractivity contribution is 0.117. The molecule has 0 aliphatic carbocycles. The summed E-state index contributed by atoms with van der Waals surface area (Å²) in [6.07, 6.45) is 4.25. The lowest BCUT2D eigenvalue weighted by atomic mass is 10.2. The molecule has 144 valence electrons. The topological polar surface area (TPSA) is 38.9 Å². The van der Waals surface area contributed by atoms with Gasteiger partial charge in [0, 0.05) is 27.0 Å². The standard InChI is InChI=1S/C21H19BrClN3OS/c22-17-7-3-15(4-8-17)12-25-26-20(16-5-9-18(23)10-6-16)14-28-21(26)24-13-19-2-1-11-27-19/h3-10,12,14,19H,1-2,11,13H2. The van der Waals surface area contributed by atoms with Crippen LogP contribution in [0.25, 0.3) is 11.3 Å². The molecular formula is C21H19BrClN3OS. The van der Waals surface area contributed by atoms with Gasteiger partial charge in [0.2, 0.25) is 4.80 Å². The van der Waals surface area contributed by atoms with Crippen molar-refractivity contribution in [2.24, 2.45) is 10.1 Å². The summed E-state index contributed by atoms with van der Waals surface area (Å²) in [4.78, 5) is 5.64. The molecule has 3 aromatic rings. The van der Waals surface area contributed by atoms with E-state index in [0.29, 0.717) is 11.6 Å². The predicted molar refractivity (Wildman–Crippen MR) is 119 cm³/mol. The van der Waals surface area contributed by atoms with Crippen LogP contribution in [0.1, 0.15) is 18.4 Å². The van der Waals surface area contributed by atoms with Crippen molar-refractivity contribution in [1.82, 2.24) is 4.68 Å². The summed E-state index contributed by atoms with van der Waals surface area (Å²) in [5.74, 6) is 0. The normalized spacial score (nSPS) is 17.6. The molecule has 1 aliphatic heterocycles. The molecule has 1 unspecified atom stereocenters. The molecule has 0 spiro atoms. The van der Waals surface area contributed by atoms with Gasteiger partial charge in [-0.2, -0.15) is 5.10 Å². The van der Waals surface area contributed by atoms with Crippen molar-refractivity contribution in [3.05, 3.63) is 73.8 Å². The average Bonchev–Trinajstić information content (AvgIpc) is 3.36. The molecule has 28 heavy (non-hydrogen) atoms. The molecule has 0 amide bonds. The smallest absolute Gasteiger partial charge is 0.206 e. The van der Waals surface area contributed by atoms with Gasteiger partial charge in [0.05, 0.1) is 24.6 Å². The Hall–Kier alpha value is -1.73. The predicted octanol–water partition coefficient (Wildman–Crippen LogP) is 5.59. The van der Waals surface area contributed by atoms with Crippen molar-refractivity contribution in [3.8, 4) is 11.3 Å². The first kappa shape index (κ1) is 19.6. The summed E-state index contributed by atoms with van der Waals surface area (Å²) in [5.41, 5.74) is 3.06. The Bertz CT molecular complexity index is 1020. The van der Waals surface area contributed by atoms with Crippen LogP contribution in [-0.4, -0.2) is 30.1 Å². The Morgan fingerprint density at radius 3 is 2.68 bits per heavy atom. The molecule has 4 rings (SSSR count). The third-order valence-corrected chi connectivity index (χ3v) is 6.11. The molecule has 1 fully saturated rings. The molecule has 2 heterocycles. The van der Waals surface area contributed by atoms with Gasteiger partial charge in [-0.3, -0.25) is 4.99 Å². The van der Waals surface area contributed by atoms with Crippen molar-refractivity contribution in [3.63, 3.8) is 0 Å². The zero-order valence-corrected chi connectivity index (χ0v) is 18.3. The van der Waals surface area contributed by atoms with Gasteiger partial charge in [-0.15, -0.1) is 11.3 Å². The number of ether oxygens (including phenoxy) is 1. The van der Waals surface area contributed by atoms with Crippen LogP contribution < -0.4 is 4.80 Å². The van der Waals surface area contributed by atoms with E-state index >= 15 is 0 Å². The van der Waals surface area contributed by atoms with Crippen LogP contribution in [0.4, 0.5) is 0 Å². The molecule has 0 radical (unpaired) electrons. The van der Waals surface area contributed by atoms with Gasteiger partial charge >= 0.3 is 0 Å². The second-order valence-electron chi connectivity index (χ2n) is 6.49. The average molecular weight is 477 g/mol. The Balaban J connectivity index is 1.70. The van der Waals surface area contributed by atoms with Crippen molar-refractivity contribution in [1.29, 1.82) is 0 Å². The lowest BCUT2D eigenvalue weighted by Crippen LogP contribution is -2.17. The number of benzene rings is 2. The quantitative estimate of drug-likeness (QED) is 0.442. The third-order valence-electron chi connectivity index (χ3n) is 4.47. The highest BCUT2D eigenvalue weighted by Gasteiger charge is 2.15. The first-order chi connectivity index (χ1) is 13.7. The third kappa shape index (κ3) is 4.81. The number of nitrogens with zero attached hydrogens (tertiary/aromatic N) is 3. The van der Waals surface area contributed by atoms with Crippen LogP contribution in [0.3, 0.4) is 0 Å². The van der Waals surface area contributed by atoms with E-state index in [9.17, 15) is 0 Å². The highest BCUT2D eigenvalue weighted by atomic mass is 79.9. The molecular weight excluding hydrogens is 458 g/mol. The van der Waals surface area contributed by atoms with E-state index in [1.807, 2.05) is 59.4 Å². The van der Waals surface area contributed by atoms with Gasteiger partial charge in [0.15, 0.2) is 0 Å². The molecule has 0 saturated carbocycles. The Morgan fingerprint density at radius 1 is 1.18 bits per heavy atom. The largest absolute Gasteiger partial charge is 0.376 e. The van der Waals surface area contributed by atoms with Gasteiger partial charge in [-0.25, -0.2) is 4.68 Å². The number of hydrogen-bond donors (Lipinski definition) is 0. The first-order valence-electron chi connectivity index (χ1n) is 9.07. The van der Waals surface area contributed by atoms with E-state index in [1.54, 1.807) is 11.3 Å². The maximum atomic E-state index is 6.05. The van der Waals surface area contributed by atoms with Crippen LogP contribution in [0.2, 0.25) is 5.02 Å². The molecule has 1 atom stereocenters. The van der Waals surface area contributed by atoms with E-state index in [4.69, 9.17) is 26.4 Å². The Kier molecular flexibility index (Phi) is 6.42. The minimum Gasteiger partial charge on any atom is -0.376 e. The zero-order valence-electron chi connectivity index (χ0n) is 15.1. The summed E-state index contributed by atoms with van der Waals surface area (Å²) < 4.78 is 8.64. The second kappa shape index (κ2) is 9.18. The lowest BCUT2D eigenvalue weighted by Gasteiger charge is -2.06. The Labute approximate surface area is 181 Å². The van der Waals surface area contributed by atoms with E-state index in [-0.39, 0.29) is 6.10 Å². The maximum absolute atomic E-state index is 6.05. The number of halogens is 2. The molecule has 1 aromatic heterocycles. The maximum Gasteiger partial charge on any atom is 0.206 e. The minimum atomic E-state index is 0.213. The summed E-state index contributed by atoms with van der Waals surface area (Å²) >= 11 is 11.1. The fourth-order valence-corrected chi connectivity index (χ4v) is 4.22. The van der Waals surface area contributed by atoms with E-state index in [0.717, 1.165) is 45.5 Å². The summed E-state index contributed by atoms with van der Waals surface area (Å²) in [5, 5.41) is 7.52. The van der Waals surface area contributed by atoms with Gasteiger partial charge < -0.3 is 4.74 Å². The van der Waals surface area contributed by atoms with Gasteiger partial charge in [-0.05, 0) is 42.7 Å². The van der Waals surface area contributed by atoms with Crippen molar-refractivity contribution in [2.45, 2.75) is 18.9 Å². The number of hydrogen-bond acceptors (Lipinski definition) is 4. The van der Waals surface area contributed by atoms with Crippen molar-refractivity contribution >= 4 is 45.1 Å². The Morgan fingerprint density at radius 2 is 1.96 bits per heavy atom. The van der Waals surface area contributed by atoms with Crippen LogP contribution in [0.15, 0.2) is 68.5 Å². The monoisotopic (exact) mass is 475 g/mol. The molecule has 1 aliphatic rings. The molecule has 7 heteroatoms. The molecule has 1 saturated heterocycles. The summed E-state index contributed by atoms with van der Waals surface area (Å²) in [6.45, 7) is 1.50. The number of thiazole rings is 1. The summed E-state index contributed by atoms with van der Waals surface area (Å²) in [7, 11) is 0. The van der Waals surface area contributed by atoms with E-state index in [1.165, 1.54) is 0 Å². The SMILES string of the molecule is Clc1ccc(-c2csc(=NCC3CCCO3)n2N=Cc2ccc(Br)cc2)cc1. The zero-order chi connectivity index (χ0) is 19.3. The molecule has 0 N–H and O–H groups in total. The van der Waals surface area contributed by atoms with Crippen LogP contribution >= 0.6 is 38.9 Å². The second-order valence-corrected chi connectivity index (χ2v) is 8.68. The van der Waals surface area contributed by atoms with Gasteiger partial charge in [0.25, 0.3) is 0 Å². The number of aromatic nitrogens is 1. The number of rotatable bonds is 5. The van der Waals surface area contributed by atoms with Crippen molar-refractivity contribution < 1.29 is 4.74 Å². The highest BCUT2D eigenvalue weighted by Crippen LogP contribution is 2.22. The minimum absolute atomic E-state index is 0.213. The van der Waals surface area contributed by atoms with Crippen molar-refractivity contribution in [2.75, 3.05) is 13.2 Å². The fourth-order valence-electron chi connectivity index (χ4n) is 2.98.